The molecule has 4 nitrogen and oxygen atoms in total. The smallest absolute Gasteiger partial charge is 0.253 e. The van der Waals surface area contributed by atoms with Crippen molar-refractivity contribution < 1.29 is 18.7 Å². The number of benzene rings is 1. The predicted octanol–water partition coefficient (Wildman–Crippen LogP) is 2.21. The van der Waals surface area contributed by atoms with Gasteiger partial charge >= 0.3 is 0 Å². The highest BCUT2D eigenvalue weighted by atomic mass is 35.5. The number of methoxy groups -OCH3 is 1. The third-order valence-corrected chi connectivity index (χ3v) is 4.70. The van der Waals surface area contributed by atoms with E-state index < -0.39 is 5.82 Å². The summed E-state index contributed by atoms with van der Waals surface area (Å²) in [7, 11) is 1.66. The molecule has 1 aromatic rings. The van der Waals surface area contributed by atoms with Gasteiger partial charge in [-0.2, -0.15) is 0 Å². The number of rotatable bonds is 3. The molecule has 114 valence electrons. The van der Waals surface area contributed by atoms with E-state index in [2.05, 4.69) is 0 Å². The first-order valence-corrected chi connectivity index (χ1v) is 7.24. The van der Waals surface area contributed by atoms with Crippen LogP contribution in [0.4, 0.5) is 4.39 Å². The molecule has 0 bridgehead atoms. The van der Waals surface area contributed by atoms with Crippen LogP contribution in [0.1, 0.15) is 10.4 Å². The summed E-state index contributed by atoms with van der Waals surface area (Å²) in [6.07, 6.45) is 0. The van der Waals surface area contributed by atoms with Crippen LogP contribution in [0.5, 0.6) is 0 Å². The van der Waals surface area contributed by atoms with Gasteiger partial charge in [-0.3, -0.25) is 4.79 Å². The van der Waals surface area contributed by atoms with E-state index in [4.69, 9.17) is 21.1 Å². The average Bonchev–Trinajstić information content (AvgIpc) is 2.98. The maximum absolute atomic E-state index is 13.2. The van der Waals surface area contributed by atoms with Crippen LogP contribution in [0.3, 0.4) is 0 Å². The van der Waals surface area contributed by atoms with Gasteiger partial charge in [-0.25, -0.2) is 4.39 Å². The van der Waals surface area contributed by atoms with Gasteiger partial charge < -0.3 is 14.4 Å². The fraction of sp³-hybridized carbons (Fsp3) is 0.533. The van der Waals surface area contributed by atoms with Crippen LogP contribution in [-0.4, -0.2) is 50.8 Å². The van der Waals surface area contributed by atoms with Crippen molar-refractivity contribution in [3.8, 4) is 0 Å². The SMILES string of the molecule is COC[C@@]12COC[C@@H]1CN(C(=O)c1ccc(F)c(Cl)c1)C2. The number of ether oxygens (including phenoxy) is 2. The van der Waals surface area contributed by atoms with Crippen molar-refractivity contribution in [2.45, 2.75) is 0 Å². The Balaban J connectivity index is 1.79. The highest BCUT2D eigenvalue weighted by molar-refractivity contribution is 6.31. The Hall–Kier alpha value is -1.17. The zero-order valence-electron chi connectivity index (χ0n) is 11.8. The molecule has 2 atom stereocenters. The fourth-order valence-electron chi connectivity index (χ4n) is 3.29. The van der Waals surface area contributed by atoms with Crippen LogP contribution < -0.4 is 0 Å². The molecule has 6 heteroatoms. The minimum absolute atomic E-state index is 0.0322. The summed E-state index contributed by atoms with van der Waals surface area (Å²) >= 11 is 5.75. The van der Waals surface area contributed by atoms with Crippen LogP contribution in [0.2, 0.25) is 5.02 Å². The van der Waals surface area contributed by atoms with Crippen molar-refractivity contribution in [2.24, 2.45) is 11.3 Å². The number of carbonyl (C=O) groups excluding carboxylic acids is 1. The summed E-state index contributed by atoms with van der Waals surface area (Å²) in [6, 6.07) is 4.07. The molecular formula is C15H17ClFNO3. The fourth-order valence-corrected chi connectivity index (χ4v) is 3.47. The third-order valence-electron chi connectivity index (χ3n) is 4.41. The molecule has 0 radical (unpaired) electrons. The monoisotopic (exact) mass is 313 g/mol. The van der Waals surface area contributed by atoms with Crippen LogP contribution in [0.25, 0.3) is 0 Å². The van der Waals surface area contributed by atoms with Crippen LogP contribution in [0, 0.1) is 17.2 Å². The molecule has 0 N–H and O–H groups in total. The van der Waals surface area contributed by atoms with Crippen molar-refractivity contribution in [3.05, 3.63) is 34.6 Å². The molecule has 2 saturated heterocycles. The zero-order chi connectivity index (χ0) is 15.0. The minimum Gasteiger partial charge on any atom is -0.384 e. The molecular weight excluding hydrogens is 297 g/mol. The Morgan fingerprint density at radius 1 is 1.62 bits per heavy atom. The lowest BCUT2D eigenvalue weighted by molar-refractivity contribution is 0.0489. The summed E-state index contributed by atoms with van der Waals surface area (Å²) in [5.41, 5.74) is 0.295. The van der Waals surface area contributed by atoms with Crippen molar-refractivity contribution in [3.63, 3.8) is 0 Å². The number of likely N-dealkylation sites (tertiary alicyclic amines) is 1. The summed E-state index contributed by atoms with van der Waals surface area (Å²) < 4.78 is 24.1. The number of carbonyl (C=O) groups is 1. The topological polar surface area (TPSA) is 38.8 Å². The Kier molecular flexibility index (Phi) is 3.90. The lowest BCUT2D eigenvalue weighted by Gasteiger charge is -2.26. The van der Waals surface area contributed by atoms with Crippen molar-refractivity contribution in [1.29, 1.82) is 0 Å². The molecule has 0 aromatic heterocycles. The number of halogens is 2. The van der Waals surface area contributed by atoms with Gasteiger partial charge in [0.15, 0.2) is 0 Å². The van der Waals surface area contributed by atoms with Gasteiger partial charge in [-0.05, 0) is 18.2 Å². The number of fused-ring (bicyclic) bond motifs is 1. The summed E-state index contributed by atoms with van der Waals surface area (Å²) in [6.45, 7) is 3.07. The van der Waals surface area contributed by atoms with Crippen molar-refractivity contribution >= 4 is 17.5 Å². The standard InChI is InChI=1S/C15H17ClFNO3/c1-20-8-15-7-18(5-11(15)6-21-9-15)14(19)10-2-3-13(17)12(16)4-10/h2-4,11H,5-9H2,1H3/t11-,15-/m0/s1. The zero-order valence-corrected chi connectivity index (χ0v) is 12.5. The first kappa shape index (κ1) is 14.8. The number of hydrogen-bond acceptors (Lipinski definition) is 3. The minimum atomic E-state index is -0.518. The predicted molar refractivity (Wildman–Crippen MR) is 75.9 cm³/mol. The van der Waals surface area contributed by atoms with E-state index in [9.17, 15) is 9.18 Å². The van der Waals surface area contributed by atoms with E-state index >= 15 is 0 Å². The molecule has 2 fully saturated rings. The second kappa shape index (κ2) is 5.55. The Morgan fingerprint density at radius 3 is 3.14 bits per heavy atom. The first-order valence-electron chi connectivity index (χ1n) is 6.87. The second-order valence-corrected chi connectivity index (χ2v) is 6.23. The van der Waals surface area contributed by atoms with Crippen LogP contribution in [-0.2, 0) is 9.47 Å². The summed E-state index contributed by atoms with van der Waals surface area (Å²) in [5.74, 6) is -0.352. The van der Waals surface area contributed by atoms with Gasteiger partial charge in [0.25, 0.3) is 5.91 Å². The molecule has 2 aliphatic heterocycles. The number of amides is 1. The molecule has 0 aliphatic carbocycles. The molecule has 1 aromatic carbocycles. The van der Waals surface area contributed by atoms with Gasteiger partial charge in [0, 0.05) is 37.1 Å². The van der Waals surface area contributed by atoms with E-state index in [0.29, 0.717) is 38.5 Å². The second-order valence-electron chi connectivity index (χ2n) is 5.82. The van der Waals surface area contributed by atoms with Gasteiger partial charge in [0.05, 0.1) is 24.8 Å². The van der Waals surface area contributed by atoms with Gasteiger partial charge in [-0.15, -0.1) is 0 Å². The van der Waals surface area contributed by atoms with E-state index in [1.54, 1.807) is 12.0 Å². The van der Waals surface area contributed by atoms with Gasteiger partial charge in [-0.1, -0.05) is 11.6 Å². The Bertz CT molecular complexity index is 568. The third kappa shape index (κ3) is 2.54. The maximum Gasteiger partial charge on any atom is 0.253 e. The van der Waals surface area contributed by atoms with Crippen molar-refractivity contribution in [2.75, 3.05) is 40.0 Å². The molecule has 1 amide bonds. The summed E-state index contributed by atoms with van der Waals surface area (Å²) in [4.78, 5) is 14.3. The lowest BCUT2D eigenvalue weighted by Crippen LogP contribution is -2.37. The van der Waals surface area contributed by atoms with Gasteiger partial charge in [0.2, 0.25) is 0 Å². The molecule has 2 heterocycles. The maximum atomic E-state index is 13.2. The lowest BCUT2D eigenvalue weighted by atomic mass is 9.82. The van der Waals surface area contributed by atoms with Crippen molar-refractivity contribution in [1.82, 2.24) is 4.90 Å². The molecule has 0 unspecified atom stereocenters. The molecule has 0 spiro atoms. The average molecular weight is 314 g/mol. The quantitative estimate of drug-likeness (QED) is 0.859. The first-order chi connectivity index (χ1) is 10.1. The Labute approximate surface area is 127 Å². The van der Waals surface area contributed by atoms with E-state index in [0.717, 1.165) is 0 Å². The Morgan fingerprint density at radius 2 is 2.43 bits per heavy atom. The highest BCUT2D eigenvalue weighted by Gasteiger charge is 2.51. The van der Waals surface area contributed by atoms with E-state index in [-0.39, 0.29) is 22.3 Å². The highest BCUT2D eigenvalue weighted by Crippen LogP contribution is 2.41. The molecule has 21 heavy (non-hydrogen) atoms. The molecule has 3 rings (SSSR count). The van der Waals surface area contributed by atoms with E-state index in [1.165, 1.54) is 18.2 Å². The number of nitrogens with zero attached hydrogens (tertiary/aromatic N) is 1. The molecule has 2 aliphatic rings. The molecule has 0 saturated carbocycles. The van der Waals surface area contributed by atoms with Crippen LogP contribution in [0.15, 0.2) is 18.2 Å². The van der Waals surface area contributed by atoms with Crippen LogP contribution >= 0.6 is 11.6 Å². The summed E-state index contributed by atoms with van der Waals surface area (Å²) in [5, 5.41) is -0.0322. The van der Waals surface area contributed by atoms with E-state index in [1.807, 2.05) is 0 Å². The largest absolute Gasteiger partial charge is 0.384 e. The normalized spacial score (nSPS) is 28.0. The van der Waals surface area contributed by atoms with Gasteiger partial charge in [0.1, 0.15) is 5.82 Å². The number of hydrogen-bond donors (Lipinski definition) is 0.